The summed E-state index contributed by atoms with van der Waals surface area (Å²) in [6.45, 7) is 4.05. The number of fused-ring (bicyclic) bond motifs is 2. The van der Waals surface area contributed by atoms with Gasteiger partial charge in [0.05, 0.1) is 22.7 Å². The molecular formula is C17H14N6O. The number of amides is 1. The van der Waals surface area contributed by atoms with E-state index < -0.39 is 5.92 Å². The van der Waals surface area contributed by atoms with Crippen LogP contribution in [0, 0.1) is 11.3 Å². The summed E-state index contributed by atoms with van der Waals surface area (Å²) < 4.78 is 1.81. The maximum absolute atomic E-state index is 12.5. The fourth-order valence-electron chi connectivity index (χ4n) is 2.97. The van der Waals surface area contributed by atoms with Gasteiger partial charge in [0.15, 0.2) is 5.65 Å². The van der Waals surface area contributed by atoms with Crippen molar-refractivity contribution in [3.63, 3.8) is 0 Å². The zero-order valence-electron chi connectivity index (χ0n) is 13.2. The molecule has 1 aromatic carbocycles. The molecule has 1 N–H and O–H groups in total. The molecule has 118 valence electrons. The van der Waals surface area contributed by atoms with Crippen molar-refractivity contribution in [1.82, 2.24) is 19.7 Å². The lowest BCUT2D eigenvalue weighted by Crippen LogP contribution is -2.14. The molecule has 2 aromatic heterocycles. The van der Waals surface area contributed by atoms with Crippen LogP contribution in [0.3, 0.4) is 0 Å². The molecule has 0 bridgehead atoms. The number of hydrogen-bond acceptors (Lipinski definition) is 5. The molecule has 1 aliphatic heterocycles. The summed E-state index contributed by atoms with van der Waals surface area (Å²) >= 11 is 0. The van der Waals surface area contributed by atoms with Crippen LogP contribution in [0.2, 0.25) is 0 Å². The minimum absolute atomic E-state index is 0.155. The zero-order chi connectivity index (χ0) is 16.8. The van der Waals surface area contributed by atoms with Crippen molar-refractivity contribution in [2.75, 3.05) is 5.32 Å². The van der Waals surface area contributed by atoms with Gasteiger partial charge in [-0.05, 0) is 37.6 Å². The van der Waals surface area contributed by atoms with E-state index in [1.165, 1.54) is 6.33 Å². The van der Waals surface area contributed by atoms with E-state index >= 15 is 0 Å². The van der Waals surface area contributed by atoms with E-state index in [9.17, 15) is 4.79 Å². The monoisotopic (exact) mass is 318 g/mol. The van der Waals surface area contributed by atoms with E-state index in [-0.39, 0.29) is 11.9 Å². The molecule has 0 radical (unpaired) electrons. The Hall–Kier alpha value is -3.27. The first-order valence-electron chi connectivity index (χ1n) is 7.63. The Morgan fingerprint density at radius 2 is 2.17 bits per heavy atom. The van der Waals surface area contributed by atoms with Gasteiger partial charge in [-0.15, -0.1) is 0 Å². The second-order valence-corrected chi connectivity index (χ2v) is 6.04. The summed E-state index contributed by atoms with van der Waals surface area (Å²) in [4.78, 5) is 21.1. The molecule has 4 rings (SSSR count). The van der Waals surface area contributed by atoms with E-state index in [1.807, 2.05) is 24.7 Å². The number of hydrogen-bond donors (Lipinski definition) is 1. The van der Waals surface area contributed by atoms with E-state index in [1.54, 1.807) is 18.2 Å². The molecule has 0 saturated carbocycles. The molecule has 0 saturated heterocycles. The van der Waals surface area contributed by atoms with Gasteiger partial charge in [0, 0.05) is 17.9 Å². The minimum atomic E-state index is -0.566. The molecular weight excluding hydrogens is 304 g/mol. The summed E-state index contributed by atoms with van der Waals surface area (Å²) in [6.07, 6.45) is 3.30. The van der Waals surface area contributed by atoms with Crippen LogP contribution in [0.5, 0.6) is 0 Å². The first-order chi connectivity index (χ1) is 11.6. The molecule has 7 nitrogen and oxygen atoms in total. The first-order valence-corrected chi connectivity index (χ1v) is 7.63. The molecule has 24 heavy (non-hydrogen) atoms. The highest BCUT2D eigenvalue weighted by atomic mass is 16.2. The second kappa shape index (κ2) is 5.13. The Bertz CT molecular complexity index is 1010. The van der Waals surface area contributed by atoms with Crippen molar-refractivity contribution in [3.05, 3.63) is 47.5 Å². The minimum Gasteiger partial charge on any atom is -0.325 e. The van der Waals surface area contributed by atoms with Crippen molar-refractivity contribution in [3.8, 4) is 6.07 Å². The largest absolute Gasteiger partial charge is 0.325 e. The number of rotatable bonds is 2. The number of nitrogens with one attached hydrogen (secondary N) is 1. The van der Waals surface area contributed by atoms with Gasteiger partial charge in [-0.3, -0.25) is 9.48 Å². The maximum atomic E-state index is 12.5. The summed E-state index contributed by atoms with van der Waals surface area (Å²) in [5.74, 6) is -0.721. The summed E-state index contributed by atoms with van der Waals surface area (Å²) in [5, 5.41) is 17.2. The summed E-state index contributed by atoms with van der Waals surface area (Å²) in [5.41, 5.74) is 3.16. The number of benzene rings is 1. The molecule has 7 heteroatoms. The number of aromatic nitrogens is 4. The van der Waals surface area contributed by atoms with Crippen molar-refractivity contribution < 1.29 is 4.79 Å². The van der Waals surface area contributed by atoms with Gasteiger partial charge in [-0.2, -0.15) is 10.4 Å². The van der Waals surface area contributed by atoms with Crippen LogP contribution in [-0.2, 0) is 4.79 Å². The highest BCUT2D eigenvalue weighted by Crippen LogP contribution is 2.38. The van der Waals surface area contributed by atoms with Crippen LogP contribution < -0.4 is 5.32 Å². The van der Waals surface area contributed by atoms with Crippen LogP contribution in [0.4, 0.5) is 5.69 Å². The lowest BCUT2D eigenvalue weighted by Gasteiger charge is -2.09. The molecule has 1 aliphatic rings. The highest BCUT2D eigenvalue weighted by molar-refractivity contribution is 6.06. The average molecular weight is 318 g/mol. The normalized spacial score (nSPS) is 16.2. The fraction of sp³-hybridized carbons (Fsp3) is 0.235. The smallest absolute Gasteiger partial charge is 0.238 e. The predicted molar refractivity (Wildman–Crippen MR) is 87.3 cm³/mol. The van der Waals surface area contributed by atoms with Crippen LogP contribution in [0.15, 0.2) is 30.7 Å². The molecule has 0 fully saturated rings. The van der Waals surface area contributed by atoms with Gasteiger partial charge >= 0.3 is 0 Å². The number of nitriles is 1. The Labute approximate surface area is 138 Å². The second-order valence-electron chi connectivity index (χ2n) is 6.04. The predicted octanol–water partition coefficient (Wildman–Crippen LogP) is 2.36. The molecule has 1 unspecified atom stereocenters. The molecule has 3 heterocycles. The van der Waals surface area contributed by atoms with Gasteiger partial charge < -0.3 is 5.32 Å². The Balaban J connectivity index is 1.93. The van der Waals surface area contributed by atoms with Crippen LogP contribution in [-0.4, -0.2) is 25.7 Å². The third-order valence-electron chi connectivity index (χ3n) is 4.18. The van der Waals surface area contributed by atoms with E-state index in [2.05, 4.69) is 26.5 Å². The Kier molecular flexibility index (Phi) is 3.06. The number of anilines is 1. The zero-order valence-corrected chi connectivity index (χ0v) is 13.2. The van der Waals surface area contributed by atoms with Gasteiger partial charge in [0.25, 0.3) is 0 Å². The van der Waals surface area contributed by atoms with Crippen LogP contribution in [0.25, 0.3) is 11.0 Å². The van der Waals surface area contributed by atoms with E-state index in [0.29, 0.717) is 22.6 Å². The quantitative estimate of drug-likeness (QED) is 0.782. The lowest BCUT2D eigenvalue weighted by atomic mass is 9.94. The first kappa shape index (κ1) is 14.3. The van der Waals surface area contributed by atoms with Crippen LogP contribution >= 0.6 is 0 Å². The molecule has 1 amide bonds. The standard InChI is InChI=1S/C17H14N6O/c1-9(2)23-7-12-15(19-8-20-16(12)22-23)14-11-5-10(6-18)3-4-13(11)21-17(14)24/h3-5,7-9,14H,1-2H3,(H,21,24). The maximum Gasteiger partial charge on any atom is 0.238 e. The van der Waals surface area contributed by atoms with Gasteiger partial charge in [-0.25, -0.2) is 9.97 Å². The topological polar surface area (TPSA) is 96.5 Å². The highest BCUT2D eigenvalue weighted by Gasteiger charge is 2.35. The number of carbonyl (C=O) groups excluding carboxylic acids is 1. The molecule has 0 spiro atoms. The summed E-state index contributed by atoms with van der Waals surface area (Å²) in [7, 11) is 0. The van der Waals surface area contributed by atoms with E-state index in [4.69, 9.17) is 5.26 Å². The molecule has 3 aromatic rings. The van der Waals surface area contributed by atoms with Gasteiger partial charge in [-0.1, -0.05) is 0 Å². The lowest BCUT2D eigenvalue weighted by molar-refractivity contribution is -0.116. The molecule has 0 aliphatic carbocycles. The average Bonchev–Trinajstić information content (AvgIpc) is 3.14. The number of carbonyl (C=O) groups is 1. The third-order valence-corrected chi connectivity index (χ3v) is 4.18. The van der Waals surface area contributed by atoms with Crippen molar-refractivity contribution in [1.29, 1.82) is 5.26 Å². The number of nitrogens with zero attached hydrogens (tertiary/aromatic N) is 5. The molecule has 1 atom stereocenters. The summed E-state index contributed by atoms with van der Waals surface area (Å²) in [6, 6.07) is 7.47. The Morgan fingerprint density at radius 3 is 2.92 bits per heavy atom. The fourth-order valence-corrected chi connectivity index (χ4v) is 2.97. The van der Waals surface area contributed by atoms with Gasteiger partial charge in [0.2, 0.25) is 5.91 Å². The van der Waals surface area contributed by atoms with Gasteiger partial charge in [0.1, 0.15) is 12.2 Å². The van der Waals surface area contributed by atoms with Crippen molar-refractivity contribution >= 4 is 22.6 Å². The van der Waals surface area contributed by atoms with Crippen molar-refractivity contribution in [2.45, 2.75) is 25.8 Å². The third kappa shape index (κ3) is 2.04. The SMILES string of the molecule is CC(C)n1cc2c(C3C(=O)Nc4ccc(C#N)cc43)ncnc2n1. The van der Waals surface area contributed by atoms with Crippen molar-refractivity contribution in [2.24, 2.45) is 0 Å². The van der Waals surface area contributed by atoms with Crippen LogP contribution in [0.1, 0.15) is 42.6 Å². The Morgan fingerprint density at radius 1 is 1.33 bits per heavy atom. The van der Waals surface area contributed by atoms with E-state index in [0.717, 1.165) is 10.9 Å².